The summed E-state index contributed by atoms with van der Waals surface area (Å²) in [6, 6.07) is 29.2. The second kappa shape index (κ2) is 10.7. The minimum Gasteiger partial charge on any atom is -0.319 e. The Morgan fingerprint density at radius 1 is 0.706 bits per heavy atom. The third-order valence-electron chi connectivity index (χ3n) is 5.87. The lowest BCUT2D eigenvalue weighted by Gasteiger charge is -2.26. The molecule has 0 aliphatic heterocycles. The molecule has 4 rings (SSSR count). The van der Waals surface area contributed by atoms with Gasteiger partial charge in [0.2, 0.25) is 0 Å². The Bertz CT molecular complexity index is 1120. The molecule has 0 radical (unpaired) electrons. The zero-order valence-electron chi connectivity index (χ0n) is 20.6. The van der Waals surface area contributed by atoms with E-state index >= 15 is 0 Å². The van der Waals surface area contributed by atoms with Crippen molar-refractivity contribution in [1.82, 2.24) is 20.3 Å². The second-order valence-corrected chi connectivity index (χ2v) is 10.1. The van der Waals surface area contributed by atoms with Crippen LogP contribution < -0.4 is 5.32 Å². The Balaban J connectivity index is 1.63. The predicted molar refractivity (Wildman–Crippen MR) is 141 cm³/mol. The molecule has 4 heteroatoms. The van der Waals surface area contributed by atoms with Crippen molar-refractivity contribution >= 4 is 0 Å². The average Bonchev–Trinajstić information content (AvgIpc) is 2.84. The van der Waals surface area contributed by atoms with Gasteiger partial charge in [-0.05, 0) is 35.9 Å². The Morgan fingerprint density at radius 2 is 1.24 bits per heavy atom. The second-order valence-electron chi connectivity index (χ2n) is 10.1. The molecule has 34 heavy (non-hydrogen) atoms. The fourth-order valence-electron chi connectivity index (χ4n) is 4.32. The largest absolute Gasteiger partial charge is 0.319 e. The van der Waals surface area contributed by atoms with E-state index in [0.29, 0.717) is 24.0 Å². The van der Waals surface area contributed by atoms with Crippen molar-refractivity contribution < 1.29 is 0 Å². The molecule has 0 aliphatic carbocycles. The zero-order chi connectivity index (χ0) is 24.0. The highest BCUT2D eigenvalue weighted by molar-refractivity contribution is 5.60. The van der Waals surface area contributed by atoms with Crippen LogP contribution in [-0.4, -0.2) is 28.5 Å². The number of nitrogens with one attached hydrogen (secondary N) is 1. The molecule has 0 fully saturated rings. The maximum absolute atomic E-state index is 4.83. The van der Waals surface area contributed by atoms with E-state index in [1.807, 2.05) is 67.7 Å². The number of benzene rings is 3. The molecule has 0 saturated heterocycles. The van der Waals surface area contributed by atoms with Crippen LogP contribution in [0.4, 0.5) is 0 Å². The Morgan fingerprint density at radius 3 is 1.71 bits per heavy atom. The van der Waals surface area contributed by atoms with Gasteiger partial charge in [-0.15, -0.1) is 0 Å². The molecule has 0 saturated carbocycles. The number of aromatic nitrogens is 3. The first-order valence-electron chi connectivity index (χ1n) is 12.0. The van der Waals surface area contributed by atoms with Crippen LogP contribution in [0.3, 0.4) is 0 Å². The Hall–Kier alpha value is -3.37. The van der Waals surface area contributed by atoms with E-state index in [4.69, 9.17) is 15.0 Å². The van der Waals surface area contributed by atoms with Gasteiger partial charge in [-0.3, -0.25) is 0 Å². The summed E-state index contributed by atoms with van der Waals surface area (Å²) in [5.74, 6) is 2.69. The standard InChI is InChI=1S/C30H34N4/c1-30(2,3)20-26(21-31-4)23-17-15-22(16-18-23)19-27-32-28(24-11-7-5-8-12-24)34-29(33-27)25-13-9-6-10-14-25/h5-18,26,31H,19-21H2,1-4H3. The van der Waals surface area contributed by atoms with Crippen molar-refractivity contribution in [2.45, 2.75) is 39.5 Å². The van der Waals surface area contributed by atoms with Gasteiger partial charge in [0.25, 0.3) is 0 Å². The monoisotopic (exact) mass is 450 g/mol. The fourth-order valence-corrected chi connectivity index (χ4v) is 4.32. The summed E-state index contributed by atoms with van der Waals surface area (Å²) in [4.78, 5) is 14.4. The summed E-state index contributed by atoms with van der Waals surface area (Å²) in [6.07, 6.45) is 1.81. The van der Waals surface area contributed by atoms with Crippen LogP contribution in [0.25, 0.3) is 22.8 Å². The first kappa shape index (κ1) is 23.8. The number of hydrogen-bond acceptors (Lipinski definition) is 4. The normalized spacial score (nSPS) is 12.5. The summed E-state index contributed by atoms with van der Waals surface area (Å²) in [5.41, 5.74) is 4.85. The van der Waals surface area contributed by atoms with Gasteiger partial charge in [0.1, 0.15) is 5.82 Å². The molecule has 0 spiro atoms. The van der Waals surface area contributed by atoms with Gasteiger partial charge in [-0.2, -0.15) is 0 Å². The highest BCUT2D eigenvalue weighted by atomic mass is 15.0. The Labute approximate surface area is 203 Å². The first-order chi connectivity index (χ1) is 16.4. The van der Waals surface area contributed by atoms with Crippen LogP contribution >= 0.6 is 0 Å². The quantitative estimate of drug-likeness (QED) is 0.331. The van der Waals surface area contributed by atoms with Crippen LogP contribution in [0.1, 0.15) is 50.1 Å². The lowest BCUT2D eigenvalue weighted by molar-refractivity contribution is 0.335. The van der Waals surface area contributed by atoms with E-state index in [1.54, 1.807) is 0 Å². The highest BCUT2D eigenvalue weighted by Crippen LogP contribution is 2.31. The molecular formula is C30H34N4. The fraction of sp³-hybridized carbons (Fsp3) is 0.300. The summed E-state index contributed by atoms with van der Waals surface area (Å²) in [5, 5.41) is 3.36. The maximum atomic E-state index is 4.83. The van der Waals surface area contributed by atoms with Crippen molar-refractivity contribution in [3.63, 3.8) is 0 Å². The minimum absolute atomic E-state index is 0.284. The third-order valence-corrected chi connectivity index (χ3v) is 5.87. The molecule has 0 bridgehead atoms. The van der Waals surface area contributed by atoms with Crippen molar-refractivity contribution in [3.05, 3.63) is 102 Å². The molecule has 1 unspecified atom stereocenters. The zero-order valence-corrected chi connectivity index (χ0v) is 20.6. The van der Waals surface area contributed by atoms with Gasteiger partial charge >= 0.3 is 0 Å². The predicted octanol–water partition coefficient (Wildman–Crippen LogP) is 6.54. The van der Waals surface area contributed by atoms with E-state index in [-0.39, 0.29) is 5.41 Å². The molecule has 1 N–H and O–H groups in total. The summed E-state index contributed by atoms with van der Waals surface area (Å²) >= 11 is 0. The number of nitrogens with zero attached hydrogens (tertiary/aromatic N) is 3. The topological polar surface area (TPSA) is 50.7 Å². The molecule has 174 valence electrons. The summed E-state index contributed by atoms with van der Waals surface area (Å²) < 4.78 is 0. The van der Waals surface area contributed by atoms with Gasteiger partial charge in [0.05, 0.1) is 0 Å². The van der Waals surface area contributed by atoms with Crippen LogP contribution in [0.2, 0.25) is 0 Å². The molecule has 4 nitrogen and oxygen atoms in total. The molecular weight excluding hydrogens is 416 g/mol. The molecule has 1 heterocycles. The van der Waals surface area contributed by atoms with Crippen LogP contribution in [0, 0.1) is 5.41 Å². The Kier molecular flexibility index (Phi) is 7.49. The van der Waals surface area contributed by atoms with Crippen molar-refractivity contribution in [2.24, 2.45) is 5.41 Å². The van der Waals surface area contributed by atoms with E-state index < -0.39 is 0 Å². The van der Waals surface area contributed by atoms with Crippen molar-refractivity contribution in [3.8, 4) is 22.8 Å². The lowest BCUT2D eigenvalue weighted by atomic mass is 9.81. The van der Waals surface area contributed by atoms with Crippen molar-refractivity contribution in [1.29, 1.82) is 0 Å². The molecule has 1 atom stereocenters. The number of hydrogen-bond donors (Lipinski definition) is 1. The molecule has 0 amide bonds. The van der Waals surface area contributed by atoms with E-state index in [1.165, 1.54) is 11.1 Å². The SMILES string of the molecule is CNCC(CC(C)(C)C)c1ccc(Cc2nc(-c3ccccc3)nc(-c3ccccc3)n2)cc1. The summed E-state index contributed by atoms with van der Waals surface area (Å²) in [6.45, 7) is 7.89. The molecule has 1 aromatic heterocycles. The third kappa shape index (κ3) is 6.36. The van der Waals surface area contributed by atoms with Crippen LogP contribution in [-0.2, 0) is 6.42 Å². The van der Waals surface area contributed by atoms with Gasteiger partial charge in [-0.1, -0.05) is 106 Å². The van der Waals surface area contributed by atoms with Crippen LogP contribution in [0.5, 0.6) is 0 Å². The lowest BCUT2D eigenvalue weighted by Crippen LogP contribution is -2.22. The van der Waals surface area contributed by atoms with E-state index in [0.717, 1.165) is 29.9 Å². The smallest absolute Gasteiger partial charge is 0.163 e. The number of likely N-dealkylation sites (N-methyl/N-ethyl adjacent to an activating group) is 1. The van der Waals surface area contributed by atoms with E-state index in [2.05, 4.69) is 50.4 Å². The van der Waals surface area contributed by atoms with Crippen LogP contribution in [0.15, 0.2) is 84.9 Å². The molecule has 4 aromatic rings. The van der Waals surface area contributed by atoms with Crippen molar-refractivity contribution in [2.75, 3.05) is 13.6 Å². The summed E-state index contributed by atoms with van der Waals surface area (Å²) in [7, 11) is 2.03. The van der Waals surface area contributed by atoms with E-state index in [9.17, 15) is 0 Å². The van der Waals surface area contributed by atoms with Gasteiger partial charge in [-0.25, -0.2) is 15.0 Å². The average molecular weight is 451 g/mol. The molecule has 3 aromatic carbocycles. The minimum atomic E-state index is 0.284. The number of rotatable bonds is 8. The van der Waals surface area contributed by atoms with Gasteiger partial charge in [0, 0.05) is 24.1 Å². The molecule has 0 aliphatic rings. The van der Waals surface area contributed by atoms with Gasteiger partial charge in [0.15, 0.2) is 11.6 Å². The maximum Gasteiger partial charge on any atom is 0.163 e. The van der Waals surface area contributed by atoms with Gasteiger partial charge < -0.3 is 5.32 Å². The first-order valence-corrected chi connectivity index (χ1v) is 12.0. The highest BCUT2D eigenvalue weighted by Gasteiger charge is 2.20.